The minimum absolute atomic E-state index is 0.00251. The molecule has 0 aliphatic heterocycles. The molecule has 0 heterocycles. The van der Waals surface area contributed by atoms with Crippen LogP contribution in [0.3, 0.4) is 0 Å². The van der Waals surface area contributed by atoms with Crippen molar-refractivity contribution in [1.29, 1.82) is 0 Å². The highest BCUT2D eigenvalue weighted by molar-refractivity contribution is 7.89. The molecule has 0 aromatic heterocycles. The van der Waals surface area contributed by atoms with Gasteiger partial charge in [0.2, 0.25) is 10.0 Å². The summed E-state index contributed by atoms with van der Waals surface area (Å²) in [6.07, 6.45) is 0. The van der Waals surface area contributed by atoms with E-state index in [1.165, 1.54) is 24.3 Å². The molecule has 1 amide bonds. The maximum atomic E-state index is 12.2. The van der Waals surface area contributed by atoms with Crippen molar-refractivity contribution in [2.45, 2.75) is 25.4 Å². The highest BCUT2D eigenvalue weighted by Gasteiger charge is 2.17. The van der Waals surface area contributed by atoms with Crippen LogP contribution in [0.4, 0.5) is 14.5 Å². The number of ether oxygens (including phenoxy) is 2. The van der Waals surface area contributed by atoms with E-state index in [4.69, 9.17) is 16.3 Å². The lowest BCUT2D eigenvalue weighted by molar-refractivity contribution is -0.146. The van der Waals surface area contributed by atoms with Crippen LogP contribution >= 0.6 is 11.6 Å². The van der Waals surface area contributed by atoms with Crippen molar-refractivity contribution >= 4 is 39.2 Å². The van der Waals surface area contributed by atoms with Crippen molar-refractivity contribution in [3.05, 3.63) is 52.5 Å². The van der Waals surface area contributed by atoms with Gasteiger partial charge in [-0.1, -0.05) is 17.7 Å². The van der Waals surface area contributed by atoms with E-state index >= 15 is 0 Å². The molecule has 0 radical (unpaired) electrons. The monoisotopic (exact) mass is 476 g/mol. The second-order valence-electron chi connectivity index (χ2n) is 6.30. The van der Waals surface area contributed by atoms with Crippen molar-refractivity contribution in [1.82, 2.24) is 4.72 Å². The summed E-state index contributed by atoms with van der Waals surface area (Å²) < 4.78 is 59.9. The Kier molecular flexibility index (Phi) is 8.31. The van der Waals surface area contributed by atoms with Crippen LogP contribution in [0.5, 0.6) is 5.75 Å². The molecule has 0 fully saturated rings. The smallest absolute Gasteiger partial charge is 0.387 e. The maximum Gasteiger partial charge on any atom is 0.387 e. The fourth-order valence-electron chi connectivity index (χ4n) is 2.28. The molecule has 2 N–H and O–H groups in total. The third-order valence-corrected chi connectivity index (χ3v) is 5.69. The number of hydrogen-bond acceptors (Lipinski definition) is 6. The number of benzene rings is 2. The average Bonchev–Trinajstić information content (AvgIpc) is 2.68. The van der Waals surface area contributed by atoms with E-state index < -0.39 is 41.7 Å². The Hall–Kier alpha value is -2.76. The van der Waals surface area contributed by atoms with E-state index in [9.17, 15) is 26.8 Å². The molecule has 0 spiro atoms. The van der Waals surface area contributed by atoms with Gasteiger partial charge in [-0.3, -0.25) is 9.59 Å². The van der Waals surface area contributed by atoms with Gasteiger partial charge in [0.25, 0.3) is 5.91 Å². The molecule has 2 aromatic carbocycles. The highest BCUT2D eigenvalue weighted by atomic mass is 35.5. The van der Waals surface area contributed by atoms with Gasteiger partial charge in [-0.05, 0) is 55.3 Å². The molecule has 2 rings (SSSR count). The molecule has 0 aliphatic carbocycles. The van der Waals surface area contributed by atoms with Gasteiger partial charge in [-0.15, -0.1) is 0 Å². The fraction of sp³-hybridized carbons (Fsp3) is 0.263. The number of sulfonamides is 1. The number of aryl methyl sites for hydroxylation is 2. The van der Waals surface area contributed by atoms with E-state index in [2.05, 4.69) is 14.8 Å². The van der Waals surface area contributed by atoms with E-state index in [0.717, 1.165) is 17.2 Å². The second-order valence-corrected chi connectivity index (χ2v) is 8.48. The molecular formula is C19H19ClF2N2O6S. The lowest BCUT2D eigenvalue weighted by Crippen LogP contribution is -2.32. The Labute approximate surface area is 182 Å². The van der Waals surface area contributed by atoms with Gasteiger partial charge in [-0.25, -0.2) is 8.42 Å². The molecule has 0 unspecified atom stereocenters. The molecule has 0 bridgehead atoms. The normalized spacial score (nSPS) is 11.3. The fourth-order valence-corrected chi connectivity index (χ4v) is 3.56. The first kappa shape index (κ1) is 24.5. The number of rotatable bonds is 9. The van der Waals surface area contributed by atoms with Crippen LogP contribution in [0.1, 0.15) is 11.1 Å². The molecule has 0 saturated heterocycles. The molecule has 0 atom stereocenters. The first-order chi connectivity index (χ1) is 14.5. The van der Waals surface area contributed by atoms with Gasteiger partial charge >= 0.3 is 12.6 Å². The largest absolute Gasteiger partial charge is 0.455 e. The summed E-state index contributed by atoms with van der Waals surface area (Å²) in [6.45, 7) is -0.829. The van der Waals surface area contributed by atoms with Gasteiger partial charge in [0, 0.05) is 5.69 Å². The molecule has 8 nitrogen and oxygen atoms in total. The van der Waals surface area contributed by atoms with Gasteiger partial charge < -0.3 is 14.8 Å². The summed E-state index contributed by atoms with van der Waals surface area (Å²) in [5.74, 6) is -1.98. The number of anilines is 1. The first-order valence-corrected chi connectivity index (χ1v) is 10.6. The molecule has 0 aliphatic rings. The Morgan fingerprint density at radius 3 is 2.42 bits per heavy atom. The molecule has 31 heavy (non-hydrogen) atoms. The SMILES string of the molecule is Cc1ccc(S(=O)(=O)NCC(=O)OCC(=O)Nc2ccc(OC(F)F)c(Cl)c2)cc1C. The highest BCUT2D eigenvalue weighted by Crippen LogP contribution is 2.28. The lowest BCUT2D eigenvalue weighted by Gasteiger charge is -2.10. The number of carbonyl (C=O) groups is 2. The zero-order chi connectivity index (χ0) is 23.2. The Balaban J connectivity index is 1.83. The molecule has 168 valence electrons. The summed E-state index contributed by atoms with van der Waals surface area (Å²) in [5.41, 5.74) is 1.85. The van der Waals surface area contributed by atoms with Crippen molar-refractivity contribution in [3.8, 4) is 5.75 Å². The molecule has 12 heteroatoms. The van der Waals surface area contributed by atoms with Crippen LogP contribution in [0, 0.1) is 13.8 Å². The zero-order valence-electron chi connectivity index (χ0n) is 16.4. The second kappa shape index (κ2) is 10.5. The minimum Gasteiger partial charge on any atom is -0.455 e. The number of esters is 1. The van der Waals surface area contributed by atoms with Crippen molar-refractivity contribution in [3.63, 3.8) is 0 Å². The van der Waals surface area contributed by atoms with Crippen LogP contribution in [-0.4, -0.2) is 40.1 Å². The Morgan fingerprint density at radius 2 is 1.81 bits per heavy atom. The number of hydrogen-bond donors (Lipinski definition) is 2. The predicted molar refractivity (Wildman–Crippen MR) is 109 cm³/mol. The first-order valence-electron chi connectivity index (χ1n) is 8.74. The standard InChI is InChI=1S/C19H19ClF2N2O6S/c1-11-3-5-14(7-12(11)2)31(27,28)23-9-18(26)29-10-17(25)24-13-4-6-16(15(20)8-13)30-19(21)22/h3-8,19,23H,9-10H2,1-2H3,(H,24,25). The van der Waals surface area contributed by atoms with E-state index in [0.29, 0.717) is 0 Å². The van der Waals surface area contributed by atoms with Crippen LogP contribution in [0.2, 0.25) is 5.02 Å². The summed E-state index contributed by atoms with van der Waals surface area (Å²) in [5, 5.41) is 2.19. The van der Waals surface area contributed by atoms with Crippen molar-refractivity contribution in [2.24, 2.45) is 0 Å². The number of halogens is 3. The molecule has 2 aromatic rings. The number of nitrogens with one attached hydrogen (secondary N) is 2. The summed E-state index contributed by atoms with van der Waals surface area (Å²) in [7, 11) is -3.93. The quantitative estimate of drug-likeness (QED) is 0.538. The Morgan fingerprint density at radius 1 is 1.10 bits per heavy atom. The van der Waals surface area contributed by atoms with E-state index in [1.807, 2.05) is 6.92 Å². The van der Waals surface area contributed by atoms with Crippen LogP contribution in [-0.2, 0) is 24.3 Å². The van der Waals surface area contributed by atoms with Gasteiger partial charge in [0.1, 0.15) is 12.3 Å². The summed E-state index contributed by atoms with van der Waals surface area (Å²) >= 11 is 5.78. The van der Waals surface area contributed by atoms with Gasteiger partial charge in [0.15, 0.2) is 6.61 Å². The maximum absolute atomic E-state index is 12.2. The number of amides is 1. The summed E-state index contributed by atoms with van der Waals surface area (Å²) in [6, 6.07) is 8.10. The topological polar surface area (TPSA) is 111 Å². The Bertz CT molecular complexity index is 1080. The van der Waals surface area contributed by atoms with Crippen LogP contribution < -0.4 is 14.8 Å². The average molecular weight is 477 g/mol. The predicted octanol–water partition coefficient (Wildman–Crippen LogP) is 3.02. The van der Waals surface area contributed by atoms with E-state index in [-0.39, 0.29) is 21.4 Å². The lowest BCUT2D eigenvalue weighted by atomic mass is 10.1. The molecular weight excluding hydrogens is 458 g/mol. The van der Waals surface area contributed by atoms with Crippen LogP contribution in [0.15, 0.2) is 41.3 Å². The summed E-state index contributed by atoms with van der Waals surface area (Å²) in [4.78, 5) is 23.6. The third kappa shape index (κ3) is 7.46. The van der Waals surface area contributed by atoms with Gasteiger partial charge in [0.05, 0.1) is 9.92 Å². The van der Waals surface area contributed by atoms with Crippen molar-refractivity contribution in [2.75, 3.05) is 18.5 Å². The minimum atomic E-state index is -3.93. The third-order valence-electron chi connectivity index (χ3n) is 3.99. The van der Waals surface area contributed by atoms with Crippen LogP contribution in [0.25, 0.3) is 0 Å². The van der Waals surface area contributed by atoms with Crippen molar-refractivity contribution < 1.29 is 36.3 Å². The molecule has 0 saturated carbocycles. The van der Waals surface area contributed by atoms with E-state index in [1.54, 1.807) is 13.0 Å². The van der Waals surface area contributed by atoms with Gasteiger partial charge in [-0.2, -0.15) is 13.5 Å². The number of carbonyl (C=O) groups excluding carboxylic acids is 2. The zero-order valence-corrected chi connectivity index (χ0v) is 18.0. The number of alkyl halides is 2.